The molecule has 0 aliphatic heterocycles. The second-order valence-corrected chi connectivity index (χ2v) is 4.82. The maximum absolute atomic E-state index is 12.6. The summed E-state index contributed by atoms with van der Waals surface area (Å²) in [6, 6.07) is 1.53. The van der Waals surface area contributed by atoms with Gasteiger partial charge in [-0.05, 0) is 30.5 Å². The standard InChI is InChI=1S/C14H14F3N3O/c1-8-2-3-10(7-11(8)18)20-13(21)12-6-9(4-5-19-12)14(15,16)17/h3-8H,2,18H2,1H3,(H,20,21). The first-order valence-corrected chi connectivity index (χ1v) is 6.29. The summed E-state index contributed by atoms with van der Waals surface area (Å²) in [6.45, 7) is 1.94. The van der Waals surface area contributed by atoms with E-state index in [2.05, 4.69) is 10.3 Å². The number of nitrogens with zero attached hydrogens (tertiary/aromatic N) is 1. The van der Waals surface area contributed by atoms with Gasteiger partial charge in [-0.3, -0.25) is 9.78 Å². The van der Waals surface area contributed by atoms with E-state index in [1.54, 1.807) is 12.2 Å². The number of hydrogen-bond acceptors (Lipinski definition) is 3. The smallest absolute Gasteiger partial charge is 0.402 e. The Morgan fingerprint density at radius 1 is 1.48 bits per heavy atom. The fraction of sp³-hybridized carbons (Fsp3) is 0.286. The van der Waals surface area contributed by atoms with Crippen LogP contribution in [0, 0.1) is 5.92 Å². The Balaban J connectivity index is 2.15. The maximum atomic E-state index is 12.6. The van der Waals surface area contributed by atoms with Crippen LogP contribution in [0.15, 0.2) is 41.9 Å². The van der Waals surface area contributed by atoms with Gasteiger partial charge in [0.05, 0.1) is 5.56 Å². The van der Waals surface area contributed by atoms with Gasteiger partial charge >= 0.3 is 6.18 Å². The zero-order chi connectivity index (χ0) is 15.6. The zero-order valence-corrected chi connectivity index (χ0v) is 11.2. The molecule has 1 aromatic heterocycles. The highest BCUT2D eigenvalue weighted by Gasteiger charge is 2.31. The van der Waals surface area contributed by atoms with Crippen LogP contribution >= 0.6 is 0 Å². The van der Waals surface area contributed by atoms with Gasteiger partial charge in [0.15, 0.2) is 0 Å². The molecule has 21 heavy (non-hydrogen) atoms. The molecule has 0 saturated carbocycles. The minimum Gasteiger partial charge on any atom is -0.402 e. The Morgan fingerprint density at radius 2 is 2.19 bits per heavy atom. The molecule has 0 aromatic carbocycles. The third kappa shape index (κ3) is 3.62. The summed E-state index contributed by atoms with van der Waals surface area (Å²) in [6.07, 6.45) is 0.473. The van der Waals surface area contributed by atoms with Crippen molar-refractivity contribution in [3.63, 3.8) is 0 Å². The van der Waals surface area contributed by atoms with Crippen LogP contribution in [0.25, 0.3) is 0 Å². The van der Waals surface area contributed by atoms with Gasteiger partial charge in [0, 0.05) is 17.6 Å². The molecule has 1 aliphatic carbocycles. The summed E-state index contributed by atoms with van der Waals surface area (Å²) in [5, 5.41) is 2.50. The van der Waals surface area contributed by atoms with E-state index < -0.39 is 17.6 Å². The van der Waals surface area contributed by atoms with E-state index >= 15 is 0 Å². The van der Waals surface area contributed by atoms with Crippen LogP contribution in [0.1, 0.15) is 29.4 Å². The van der Waals surface area contributed by atoms with E-state index in [1.165, 1.54) is 0 Å². The number of pyridine rings is 1. The van der Waals surface area contributed by atoms with Gasteiger partial charge in [0.1, 0.15) is 5.69 Å². The van der Waals surface area contributed by atoms with E-state index in [1.807, 2.05) is 6.92 Å². The Labute approximate surface area is 119 Å². The topological polar surface area (TPSA) is 68.0 Å². The van der Waals surface area contributed by atoms with Crippen molar-refractivity contribution in [2.75, 3.05) is 0 Å². The Bertz CT molecular complexity index is 620. The Morgan fingerprint density at radius 3 is 2.81 bits per heavy atom. The van der Waals surface area contributed by atoms with Crippen LogP contribution in [0.4, 0.5) is 13.2 Å². The number of allylic oxidation sites excluding steroid dienone is 3. The van der Waals surface area contributed by atoms with Crippen LogP contribution < -0.4 is 11.1 Å². The molecule has 3 N–H and O–H groups in total. The van der Waals surface area contributed by atoms with E-state index in [-0.39, 0.29) is 11.6 Å². The summed E-state index contributed by atoms with van der Waals surface area (Å²) < 4.78 is 37.8. The molecule has 0 bridgehead atoms. The lowest BCUT2D eigenvalue weighted by atomic mass is 9.98. The highest BCUT2D eigenvalue weighted by Crippen LogP contribution is 2.29. The molecule has 0 radical (unpaired) electrons. The Hall–Kier alpha value is -2.31. The molecule has 0 fully saturated rings. The first kappa shape index (κ1) is 15.1. The minimum atomic E-state index is -4.51. The molecule has 1 unspecified atom stereocenters. The normalized spacial score (nSPS) is 18.8. The summed E-state index contributed by atoms with van der Waals surface area (Å²) in [5.41, 5.74) is 5.64. The lowest BCUT2D eigenvalue weighted by molar-refractivity contribution is -0.137. The first-order valence-electron chi connectivity index (χ1n) is 6.29. The molecule has 7 heteroatoms. The SMILES string of the molecule is CC1CC=C(NC(=O)c2cc(C(F)(F)F)ccn2)C=C1N. The van der Waals surface area contributed by atoms with Gasteiger partial charge in [0.2, 0.25) is 0 Å². The van der Waals surface area contributed by atoms with Gasteiger partial charge in [0.25, 0.3) is 5.91 Å². The number of rotatable bonds is 2. The highest BCUT2D eigenvalue weighted by molar-refractivity contribution is 5.93. The third-order valence-corrected chi connectivity index (χ3v) is 3.16. The summed E-state index contributed by atoms with van der Waals surface area (Å²) in [4.78, 5) is 15.6. The van der Waals surface area contributed by atoms with Crippen LogP contribution in [0.5, 0.6) is 0 Å². The molecule has 1 aromatic rings. The molecule has 1 atom stereocenters. The van der Waals surface area contributed by atoms with Crippen molar-refractivity contribution in [1.29, 1.82) is 0 Å². The molecule has 0 saturated heterocycles. The van der Waals surface area contributed by atoms with Gasteiger partial charge < -0.3 is 11.1 Å². The number of amides is 1. The molecule has 4 nitrogen and oxygen atoms in total. The Kier molecular flexibility index (Phi) is 4.02. The van der Waals surface area contributed by atoms with Crippen molar-refractivity contribution in [2.24, 2.45) is 11.7 Å². The lowest BCUT2D eigenvalue weighted by Crippen LogP contribution is -2.26. The molecule has 0 spiro atoms. The van der Waals surface area contributed by atoms with Crippen molar-refractivity contribution in [1.82, 2.24) is 10.3 Å². The van der Waals surface area contributed by atoms with E-state index in [9.17, 15) is 18.0 Å². The number of alkyl halides is 3. The van der Waals surface area contributed by atoms with Gasteiger partial charge in [-0.25, -0.2) is 0 Å². The van der Waals surface area contributed by atoms with Crippen molar-refractivity contribution in [2.45, 2.75) is 19.5 Å². The number of carbonyl (C=O) groups excluding carboxylic acids is 1. The van der Waals surface area contributed by atoms with Crippen molar-refractivity contribution in [3.05, 3.63) is 53.1 Å². The molecular weight excluding hydrogens is 283 g/mol. The number of nitrogens with one attached hydrogen (secondary N) is 1. The van der Waals surface area contributed by atoms with E-state index in [0.29, 0.717) is 23.9 Å². The monoisotopic (exact) mass is 297 g/mol. The number of halogens is 3. The predicted octanol–water partition coefficient (Wildman–Crippen LogP) is 2.60. The van der Waals surface area contributed by atoms with Crippen LogP contribution in [-0.2, 0) is 6.18 Å². The second kappa shape index (κ2) is 5.59. The van der Waals surface area contributed by atoms with Crippen LogP contribution in [0.3, 0.4) is 0 Å². The second-order valence-electron chi connectivity index (χ2n) is 4.82. The quantitative estimate of drug-likeness (QED) is 0.881. The largest absolute Gasteiger partial charge is 0.416 e. The van der Waals surface area contributed by atoms with Crippen LogP contribution in [0.2, 0.25) is 0 Å². The fourth-order valence-corrected chi connectivity index (χ4v) is 1.83. The average Bonchev–Trinajstić information content (AvgIpc) is 2.42. The predicted molar refractivity (Wildman–Crippen MR) is 70.8 cm³/mol. The number of nitrogens with two attached hydrogens (primary N) is 1. The number of carbonyl (C=O) groups is 1. The van der Waals surface area contributed by atoms with Crippen molar-refractivity contribution >= 4 is 5.91 Å². The van der Waals surface area contributed by atoms with Gasteiger partial charge in [-0.2, -0.15) is 13.2 Å². The highest BCUT2D eigenvalue weighted by atomic mass is 19.4. The third-order valence-electron chi connectivity index (χ3n) is 3.16. The summed E-state index contributed by atoms with van der Waals surface area (Å²) in [5.74, 6) is -0.525. The number of aromatic nitrogens is 1. The fourth-order valence-electron chi connectivity index (χ4n) is 1.83. The summed E-state index contributed by atoms with van der Waals surface area (Å²) in [7, 11) is 0. The van der Waals surface area contributed by atoms with Crippen LogP contribution in [-0.4, -0.2) is 10.9 Å². The molecule has 1 heterocycles. The van der Waals surface area contributed by atoms with E-state index in [0.717, 1.165) is 12.3 Å². The number of hydrogen-bond donors (Lipinski definition) is 2. The van der Waals surface area contributed by atoms with Crippen molar-refractivity contribution in [3.8, 4) is 0 Å². The van der Waals surface area contributed by atoms with Crippen molar-refractivity contribution < 1.29 is 18.0 Å². The lowest BCUT2D eigenvalue weighted by Gasteiger charge is -2.17. The van der Waals surface area contributed by atoms with Gasteiger partial charge in [-0.1, -0.05) is 13.0 Å². The molecule has 1 aliphatic rings. The minimum absolute atomic E-state index is 0.178. The summed E-state index contributed by atoms with van der Waals surface area (Å²) >= 11 is 0. The molecular formula is C14H14F3N3O. The zero-order valence-electron chi connectivity index (χ0n) is 11.2. The molecule has 1 amide bonds. The molecule has 112 valence electrons. The first-order chi connectivity index (χ1) is 9.77. The maximum Gasteiger partial charge on any atom is 0.416 e. The van der Waals surface area contributed by atoms with E-state index in [4.69, 9.17) is 5.73 Å². The molecule has 2 rings (SSSR count). The van der Waals surface area contributed by atoms with Gasteiger partial charge in [-0.15, -0.1) is 0 Å². The average molecular weight is 297 g/mol.